The largest absolute Gasteiger partial charge is 0.480 e. The van der Waals surface area contributed by atoms with Gasteiger partial charge in [-0.3, -0.25) is 4.79 Å². The van der Waals surface area contributed by atoms with E-state index in [1.807, 2.05) is 0 Å². The standard InChI is InChI=1S/C6H11NO3/c8-4-1-2-5(6(9)10)7-3-4/h4-5,7-8H,1-3H2,(H,9,10)/t4-,5-/m1/s1. The number of carboxylic acids is 1. The summed E-state index contributed by atoms with van der Waals surface area (Å²) in [5.41, 5.74) is 0. The van der Waals surface area contributed by atoms with Crippen LogP contribution in [0.25, 0.3) is 0 Å². The summed E-state index contributed by atoms with van der Waals surface area (Å²) in [6.07, 6.45) is 0.746. The zero-order chi connectivity index (χ0) is 7.56. The highest BCUT2D eigenvalue weighted by Gasteiger charge is 2.23. The van der Waals surface area contributed by atoms with Crippen LogP contribution in [0.5, 0.6) is 0 Å². The fraction of sp³-hybridized carbons (Fsp3) is 0.833. The monoisotopic (exact) mass is 145 g/mol. The first-order valence-electron chi connectivity index (χ1n) is 3.34. The minimum absolute atomic E-state index is 0.365. The second-order valence-corrected chi connectivity index (χ2v) is 2.53. The van der Waals surface area contributed by atoms with E-state index in [-0.39, 0.29) is 6.10 Å². The lowest BCUT2D eigenvalue weighted by Gasteiger charge is -2.23. The topological polar surface area (TPSA) is 69.6 Å². The number of aliphatic hydroxyl groups is 1. The van der Waals surface area contributed by atoms with Crippen LogP contribution >= 0.6 is 0 Å². The molecule has 1 aliphatic heterocycles. The van der Waals surface area contributed by atoms with Gasteiger partial charge in [0.25, 0.3) is 0 Å². The Bertz CT molecular complexity index is 129. The predicted octanol–water partition coefficient (Wildman–Crippen LogP) is -0.816. The lowest BCUT2D eigenvalue weighted by molar-refractivity contribution is -0.140. The van der Waals surface area contributed by atoms with Gasteiger partial charge in [-0.2, -0.15) is 0 Å². The van der Waals surface area contributed by atoms with Crippen LogP contribution in [-0.4, -0.2) is 34.9 Å². The van der Waals surface area contributed by atoms with Gasteiger partial charge >= 0.3 is 5.97 Å². The summed E-state index contributed by atoms with van der Waals surface area (Å²) >= 11 is 0. The maximum absolute atomic E-state index is 10.3. The maximum Gasteiger partial charge on any atom is 0.320 e. The summed E-state index contributed by atoms with van der Waals surface area (Å²) in [7, 11) is 0. The van der Waals surface area contributed by atoms with Crippen LogP contribution in [0.1, 0.15) is 12.8 Å². The Morgan fingerprint density at radius 3 is 2.60 bits per heavy atom. The zero-order valence-electron chi connectivity index (χ0n) is 5.58. The number of hydrogen-bond acceptors (Lipinski definition) is 3. The van der Waals surface area contributed by atoms with Gasteiger partial charge in [0.05, 0.1) is 6.10 Å². The van der Waals surface area contributed by atoms with Crippen molar-refractivity contribution in [2.45, 2.75) is 25.0 Å². The number of hydrogen-bond donors (Lipinski definition) is 3. The van der Waals surface area contributed by atoms with Gasteiger partial charge < -0.3 is 15.5 Å². The lowest BCUT2D eigenvalue weighted by atomic mass is 10.0. The molecule has 1 heterocycles. The summed E-state index contributed by atoms with van der Waals surface area (Å²) in [4.78, 5) is 10.3. The van der Waals surface area contributed by atoms with Crippen molar-refractivity contribution >= 4 is 5.97 Å². The normalized spacial score (nSPS) is 33.7. The average molecular weight is 145 g/mol. The first-order valence-corrected chi connectivity index (χ1v) is 3.34. The van der Waals surface area contributed by atoms with Crippen LogP contribution in [0.2, 0.25) is 0 Å². The smallest absolute Gasteiger partial charge is 0.320 e. The Morgan fingerprint density at radius 2 is 2.20 bits per heavy atom. The van der Waals surface area contributed by atoms with Crippen LogP contribution in [0.3, 0.4) is 0 Å². The van der Waals surface area contributed by atoms with Crippen LogP contribution in [0, 0.1) is 0 Å². The highest BCUT2D eigenvalue weighted by Crippen LogP contribution is 2.07. The lowest BCUT2D eigenvalue weighted by Crippen LogP contribution is -2.45. The molecule has 0 unspecified atom stereocenters. The van der Waals surface area contributed by atoms with E-state index in [9.17, 15) is 4.79 Å². The summed E-state index contributed by atoms with van der Waals surface area (Å²) in [5, 5.41) is 20.2. The van der Waals surface area contributed by atoms with Gasteiger partial charge in [-0.05, 0) is 12.8 Å². The Kier molecular flexibility index (Phi) is 2.24. The van der Waals surface area contributed by atoms with E-state index in [4.69, 9.17) is 10.2 Å². The number of aliphatic carboxylic acids is 1. The maximum atomic E-state index is 10.3. The van der Waals surface area contributed by atoms with Crippen molar-refractivity contribution in [3.8, 4) is 0 Å². The van der Waals surface area contributed by atoms with Gasteiger partial charge in [-0.15, -0.1) is 0 Å². The molecule has 0 bridgehead atoms. The highest BCUT2D eigenvalue weighted by atomic mass is 16.4. The molecule has 0 aromatic heterocycles. The van der Waals surface area contributed by atoms with Gasteiger partial charge in [-0.1, -0.05) is 0 Å². The van der Waals surface area contributed by atoms with Crippen LogP contribution in [0.4, 0.5) is 0 Å². The number of piperidine rings is 1. The summed E-state index contributed by atoms with van der Waals surface area (Å²) in [6, 6.07) is -0.455. The second-order valence-electron chi connectivity index (χ2n) is 2.53. The van der Waals surface area contributed by atoms with E-state index < -0.39 is 12.0 Å². The Morgan fingerprint density at radius 1 is 1.50 bits per heavy atom. The Balaban J connectivity index is 2.33. The number of β-amino-alcohol motifs (C(OH)–C–C–N with tert-alkyl or cyclic N) is 1. The molecule has 0 aromatic rings. The predicted molar refractivity (Wildman–Crippen MR) is 34.7 cm³/mol. The molecule has 1 fully saturated rings. The van der Waals surface area contributed by atoms with Crippen LogP contribution in [-0.2, 0) is 4.79 Å². The third-order valence-corrected chi connectivity index (χ3v) is 1.69. The molecule has 1 saturated heterocycles. The molecular weight excluding hydrogens is 134 g/mol. The van der Waals surface area contributed by atoms with Crippen molar-refractivity contribution in [1.29, 1.82) is 0 Å². The Hall–Kier alpha value is -0.610. The second kappa shape index (κ2) is 2.98. The number of carboxylic acid groups (broad SMARTS) is 1. The minimum Gasteiger partial charge on any atom is -0.480 e. The molecule has 0 saturated carbocycles. The first-order chi connectivity index (χ1) is 4.70. The van der Waals surface area contributed by atoms with Crippen molar-refractivity contribution in [2.24, 2.45) is 0 Å². The van der Waals surface area contributed by atoms with Gasteiger partial charge in [0.2, 0.25) is 0 Å². The van der Waals surface area contributed by atoms with Gasteiger partial charge in [0, 0.05) is 6.54 Å². The number of aliphatic hydroxyl groups excluding tert-OH is 1. The van der Waals surface area contributed by atoms with Crippen molar-refractivity contribution in [3.63, 3.8) is 0 Å². The molecule has 0 aromatic carbocycles. The molecule has 4 nitrogen and oxygen atoms in total. The fourth-order valence-corrected chi connectivity index (χ4v) is 1.05. The molecule has 0 radical (unpaired) electrons. The highest BCUT2D eigenvalue weighted by molar-refractivity contribution is 5.73. The number of rotatable bonds is 1. The molecular formula is C6H11NO3. The van der Waals surface area contributed by atoms with Crippen molar-refractivity contribution in [2.75, 3.05) is 6.54 Å². The third-order valence-electron chi connectivity index (χ3n) is 1.69. The summed E-state index contributed by atoms with van der Waals surface area (Å²) in [6.45, 7) is 0.400. The van der Waals surface area contributed by atoms with Gasteiger partial charge in [-0.25, -0.2) is 0 Å². The van der Waals surface area contributed by atoms with Gasteiger partial charge in [0.1, 0.15) is 6.04 Å². The van der Waals surface area contributed by atoms with E-state index in [0.717, 1.165) is 0 Å². The molecule has 0 aliphatic carbocycles. The number of nitrogens with one attached hydrogen (secondary N) is 1. The molecule has 1 aliphatic rings. The van der Waals surface area contributed by atoms with Crippen LogP contribution in [0.15, 0.2) is 0 Å². The molecule has 0 amide bonds. The van der Waals surface area contributed by atoms with E-state index in [1.165, 1.54) is 0 Å². The van der Waals surface area contributed by atoms with Crippen molar-refractivity contribution < 1.29 is 15.0 Å². The third kappa shape index (κ3) is 1.68. The molecule has 10 heavy (non-hydrogen) atoms. The van der Waals surface area contributed by atoms with Gasteiger partial charge in [0.15, 0.2) is 0 Å². The molecule has 58 valence electrons. The number of carbonyl (C=O) groups is 1. The molecule has 3 N–H and O–H groups in total. The summed E-state index contributed by atoms with van der Waals surface area (Å²) in [5.74, 6) is -0.827. The fourth-order valence-electron chi connectivity index (χ4n) is 1.05. The van der Waals surface area contributed by atoms with Crippen LogP contribution < -0.4 is 5.32 Å². The first kappa shape index (κ1) is 7.50. The molecule has 2 atom stereocenters. The molecule has 1 rings (SSSR count). The zero-order valence-corrected chi connectivity index (χ0v) is 5.58. The SMILES string of the molecule is O=C(O)[C@H]1CC[C@@H](O)CN1. The van der Waals surface area contributed by atoms with Crippen molar-refractivity contribution in [1.82, 2.24) is 5.32 Å². The van der Waals surface area contributed by atoms with Crippen molar-refractivity contribution in [3.05, 3.63) is 0 Å². The van der Waals surface area contributed by atoms with E-state index >= 15 is 0 Å². The minimum atomic E-state index is -0.827. The molecule has 0 spiro atoms. The van der Waals surface area contributed by atoms with E-state index in [2.05, 4.69) is 5.32 Å². The summed E-state index contributed by atoms with van der Waals surface area (Å²) < 4.78 is 0. The molecule has 4 heteroatoms. The quantitative estimate of drug-likeness (QED) is 0.451. The Labute approximate surface area is 58.9 Å². The van der Waals surface area contributed by atoms with E-state index in [0.29, 0.717) is 19.4 Å². The van der Waals surface area contributed by atoms with E-state index in [1.54, 1.807) is 0 Å². The average Bonchev–Trinajstić information content (AvgIpc) is 1.88.